The van der Waals surface area contributed by atoms with Gasteiger partial charge in [-0.15, -0.1) is 21.5 Å². The van der Waals surface area contributed by atoms with Crippen LogP contribution in [0.4, 0.5) is 0 Å². The highest BCUT2D eigenvalue weighted by Gasteiger charge is 2.43. The van der Waals surface area contributed by atoms with Gasteiger partial charge >= 0.3 is 5.97 Å². The standard InChI is InChI=1S/C18H23N3O2S2/c1-11(14-9-12-5-6-13(14)8-12)21-17(15-4-3-7-24-15)19-20-18(21)25-10-16(22)23-2/h3-4,7,11-14H,5-6,8-10H2,1-2H3. The van der Waals surface area contributed by atoms with Gasteiger partial charge in [0.2, 0.25) is 0 Å². The largest absolute Gasteiger partial charge is 0.468 e. The summed E-state index contributed by atoms with van der Waals surface area (Å²) in [4.78, 5) is 12.7. The highest BCUT2D eigenvalue weighted by molar-refractivity contribution is 7.99. The molecular formula is C18H23N3O2S2. The number of esters is 1. The number of carbonyl (C=O) groups is 1. The van der Waals surface area contributed by atoms with Crippen molar-refractivity contribution in [1.29, 1.82) is 0 Å². The second kappa shape index (κ2) is 7.11. The van der Waals surface area contributed by atoms with Gasteiger partial charge in [0, 0.05) is 6.04 Å². The number of thioether (sulfide) groups is 1. The van der Waals surface area contributed by atoms with Gasteiger partial charge in [0.05, 0.1) is 17.7 Å². The third-order valence-electron chi connectivity index (χ3n) is 5.77. The van der Waals surface area contributed by atoms with Crippen molar-refractivity contribution in [3.05, 3.63) is 17.5 Å². The zero-order valence-corrected chi connectivity index (χ0v) is 16.2. The zero-order valence-electron chi connectivity index (χ0n) is 14.6. The molecule has 5 nitrogen and oxygen atoms in total. The van der Waals surface area contributed by atoms with Crippen LogP contribution in [0, 0.1) is 17.8 Å². The molecule has 25 heavy (non-hydrogen) atoms. The Kier molecular flexibility index (Phi) is 4.86. The predicted octanol–water partition coefficient (Wildman–Crippen LogP) is 4.27. The SMILES string of the molecule is COC(=O)CSc1nnc(-c2cccs2)n1C(C)C1CC2CCC1C2. The second-order valence-electron chi connectivity index (χ2n) is 7.10. The molecule has 0 aliphatic heterocycles. The van der Waals surface area contributed by atoms with Gasteiger partial charge in [-0.3, -0.25) is 9.36 Å². The lowest BCUT2D eigenvalue weighted by Gasteiger charge is -2.30. The van der Waals surface area contributed by atoms with Crippen molar-refractivity contribution in [1.82, 2.24) is 14.8 Å². The molecular weight excluding hydrogens is 354 g/mol. The van der Waals surface area contributed by atoms with E-state index in [1.165, 1.54) is 44.6 Å². The van der Waals surface area contributed by atoms with Crippen LogP contribution in [0.1, 0.15) is 38.6 Å². The molecule has 2 bridgehead atoms. The Hall–Kier alpha value is -1.34. The first-order chi connectivity index (χ1) is 12.2. The van der Waals surface area contributed by atoms with E-state index < -0.39 is 0 Å². The number of methoxy groups -OCH3 is 1. The van der Waals surface area contributed by atoms with Gasteiger partial charge in [0.1, 0.15) is 0 Å². The Labute approximate surface area is 156 Å². The predicted molar refractivity (Wildman–Crippen MR) is 99.7 cm³/mol. The minimum absolute atomic E-state index is 0.232. The molecule has 7 heteroatoms. The molecule has 0 saturated heterocycles. The normalized spacial score (nSPS) is 26.1. The number of rotatable bonds is 6. The lowest BCUT2D eigenvalue weighted by atomic mass is 9.84. The fourth-order valence-electron chi connectivity index (χ4n) is 4.58. The molecule has 2 saturated carbocycles. The van der Waals surface area contributed by atoms with Crippen molar-refractivity contribution in [2.24, 2.45) is 17.8 Å². The molecule has 2 aromatic rings. The van der Waals surface area contributed by atoms with E-state index in [2.05, 4.69) is 33.1 Å². The number of hydrogen-bond donors (Lipinski definition) is 0. The smallest absolute Gasteiger partial charge is 0.316 e. The molecule has 0 amide bonds. The molecule has 4 rings (SSSR count). The molecule has 4 unspecified atom stereocenters. The van der Waals surface area contributed by atoms with Crippen molar-refractivity contribution in [2.45, 2.75) is 43.8 Å². The van der Waals surface area contributed by atoms with E-state index in [0.717, 1.165) is 27.7 Å². The number of hydrogen-bond acceptors (Lipinski definition) is 6. The van der Waals surface area contributed by atoms with Gasteiger partial charge in [0.25, 0.3) is 0 Å². The lowest BCUT2D eigenvalue weighted by Crippen LogP contribution is -2.23. The monoisotopic (exact) mass is 377 g/mol. The third-order valence-corrected chi connectivity index (χ3v) is 7.55. The summed E-state index contributed by atoms with van der Waals surface area (Å²) in [5.74, 6) is 3.39. The van der Waals surface area contributed by atoms with Crippen molar-refractivity contribution in [2.75, 3.05) is 12.9 Å². The molecule has 4 atom stereocenters. The van der Waals surface area contributed by atoms with Gasteiger partial charge in [-0.2, -0.15) is 0 Å². The fraction of sp³-hybridized carbons (Fsp3) is 0.611. The van der Waals surface area contributed by atoms with Crippen LogP contribution in [0.2, 0.25) is 0 Å². The average molecular weight is 378 g/mol. The molecule has 0 spiro atoms. The summed E-state index contributed by atoms with van der Waals surface area (Å²) in [6.07, 6.45) is 5.46. The number of aromatic nitrogens is 3. The molecule has 2 heterocycles. The molecule has 2 aromatic heterocycles. The van der Waals surface area contributed by atoms with Crippen LogP contribution in [0.25, 0.3) is 10.7 Å². The minimum atomic E-state index is -0.232. The van der Waals surface area contributed by atoms with E-state index >= 15 is 0 Å². The van der Waals surface area contributed by atoms with Crippen LogP contribution in [0.3, 0.4) is 0 Å². The molecule has 0 radical (unpaired) electrons. The maximum Gasteiger partial charge on any atom is 0.316 e. The first-order valence-corrected chi connectivity index (χ1v) is 10.7. The summed E-state index contributed by atoms with van der Waals surface area (Å²) in [6, 6.07) is 4.48. The molecule has 2 aliphatic rings. The van der Waals surface area contributed by atoms with Crippen LogP contribution in [0.5, 0.6) is 0 Å². The maximum absolute atomic E-state index is 11.6. The minimum Gasteiger partial charge on any atom is -0.468 e. The zero-order chi connectivity index (χ0) is 17.4. The summed E-state index contributed by atoms with van der Waals surface area (Å²) in [5, 5.41) is 11.8. The quantitative estimate of drug-likeness (QED) is 0.556. The molecule has 0 N–H and O–H groups in total. The first kappa shape index (κ1) is 17.1. The van der Waals surface area contributed by atoms with E-state index in [4.69, 9.17) is 4.74 Å². The van der Waals surface area contributed by atoms with Crippen LogP contribution in [-0.4, -0.2) is 33.6 Å². The summed E-state index contributed by atoms with van der Waals surface area (Å²) < 4.78 is 7.04. The van der Waals surface area contributed by atoms with Gasteiger partial charge in [-0.1, -0.05) is 24.2 Å². The Bertz CT molecular complexity index is 744. The average Bonchev–Trinajstić information content (AvgIpc) is 3.41. The third kappa shape index (κ3) is 3.24. The fourth-order valence-corrected chi connectivity index (χ4v) is 6.14. The second-order valence-corrected chi connectivity index (χ2v) is 8.99. The van der Waals surface area contributed by atoms with E-state index in [0.29, 0.717) is 12.0 Å². The van der Waals surface area contributed by atoms with Crippen molar-refractivity contribution in [3.8, 4) is 10.7 Å². The van der Waals surface area contributed by atoms with Gasteiger partial charge in [-0.25, -0.2) is 0 Å². The number of carbonyl (C=O) groups excluding carboxylic acids is 1. The summed E-state index contributed by atoms with van der Waals surface area (Å²) in [6.45, 7) is 2.30. The summed E-state index contributed by atoms with van der Waals surface area (Å²) in [5.41, 5.74) is 0. The molecule has 0 aromatic carbocycles. The Morgan fingerprint density at radius 2 is 2.32 bits per heavy atom. The van der Waals surface area contributed by atoms with Gasteiger partial charge in [0.15, 0.2) is 11.0 Å². The first-order valence-electron chi connectivity index (χ1n) is 8.85. The van der Waals surface area contributed by atoms with Crippen molar-refractivity contribution in [3.63, 3.8) is 0 Å². The highest BCUT2D eigenvalue weighted by atomic mass is 32.2. The highest BCUT2D eigenvalue weighted by Crippen LogP contribution is 2.53. The van der Waals surface area contributed by atoms with E-state index in [9.17, 15) is 4.79 Å². The van der Waals surface area contributed by atoms with Crippen LogP contribution in [-0.2, 0) is 9.53 Å². The molecule has 134 valence electrons. The topological polar surface area (TPSA) is 57.0 Å². The van der Waals surface area contributed by atoms with Crippen LogP contribution in [0.15, 0.2) is 22.7 Å². The lowest BCUT2D eigenvalue weighted by molar-refractivity contribution is -0.137. The van der Waals surface area contributed by atoms with Crippen LogP contribution >= 0.6 is 23.1 Å². The number of ether oxygens (including phenoxy) is 1. The number of nitrogens with zero attached hydrogens (tertiary/aromatic N) is 3. The summed E-state index contributed by atoms with van der Waals surface area (Å²) >= 11 is 3.11. The maximum atomic E-state index is 11.6. The van der Waals surface area contributed by atoms with Gasteiger partial charge in [-0.05, 0) is 55.4 Å². The van der Waals surface area contributed by atoms with Gasteiger partial charge < -0.3 is 4.74 Å². The Morgan fingerprint density at radius 1 is 1.44 bits per heavy atom. The van der Waals surface area contributed by atoms with Crippen molar-refractivity contribution < 1.29 is 9.53 Å². The van der Waals surface area contributed by atoms with E-state index in [1.807, 2.05) is 6.07 Å². The van der Waals surface area contributed by atoms with E-state index in [-0.39, 0.29) is 11.7 Å². The number of fused-ring (bicyclic) bond motifs is 2. The molecule has 2 fully saturated rings. The van der Waals surface area contributed by atoms with Crippen LogP contribution < -0.4 is 0 Å². The summed E-state index contributed by atoms with van der Waals surface area (Å²) in [7, 11) is 1.42. The number of thiophene rings is 1. The Morgan fingerprint density at radius 3 is 2.96 bits per heavy atom. The molecule has 2 aliphatic carbocycles. The Balaban J connectivity index is 1.65. The van der Waals surface area contributed by atoms with Crippen molar-refractivity contribution >= 4 is 29.1 Å². The van der Waals surface area contributed by atoms with E-state index in [1.54, 1.807) is 11.3 Å².